The largest absolute Gasteiger partial charge is 0.496 e. The van der Waals surface area contributed by atoms with Crippen LogP contribution in [0.25, 0.3) is 11.1 Å². The Bertz CT molecular complexity index is 939. The molecule has 7 nitrogen and oxygen atoms in total. The molecule has 0 saturated heterocycles. The number of esters is 1. The van der Waals surface area contributed by atoms with Crippen molar-refractivity contribution in [2.24, 2.45) is 0 Å². The SMILES string of the molecule is COc1ccccc1CNC(=O)[C@H](C)OC(=O)CSc1nc2ccccc2o1. The zero-order valence-electron chi connectivity index (χ0n) is 15.5. The molecule has 3 aromatic rings. The van der Waals surface area contributed by atoms with Gasteiger partial charge in [0.1, 0.15) is 17.0 Å². The van der Waals surface area contributed by atoms with Gasteiger partial charge in [-0.05, 0) is 25.1 Å². The van der Waals surface area contributed by atoms with Gasteiger partial charge in [-0.3, -0.25) is 9.59 Å². The number of para-hydroxylation sites is 3. The van der Waals surface area contributed by atoms with Crippen molar-refractivity contribution in [1.29, 1.82) is 0 Å². The smallest absolute Gasteiger partial charge is 0.317 e. The van der Waals surface area contributed by atoms with E-state index in [-0.39, 0.29) is 18.2 Å². The molecular formula is C20H20N2O5S. The highest BCUT2D eigenvalue weighted by Crippen LogP contribution is 2.23. The zero-order valence-corrected chi connectivity index (χ0v) is 16.3. The maximum atomic E-state index is 12.2. The number of carbonyl (C=O) groups excluding carboxylic acids is 2. The molecule has 0 spiro atoms. The Kier molecular flexibility index (Phi) is 6.54. The van der Waals surface area contributed by atoms with Gasteiger partial charge in [-0.15, -0.1) is 0 Å². The van der Waals surface area contributed by atoms with E-state index >= 15 is 0 Å². The van der Waals surface area contributed by atoms with E-state index < -0.39 is 12.1 Å². The molecule has 3 rings (SSSR count). The van der Waals surface area contributed by atoms with E-state index in [1.165, 1.54) is 6.92 Å². The van der Waals surface area contributed by atoms with Crippen LogP contribution >= 0.6 is 11.8 Å². The fourth-order valence-electron chi connectivity index (χ4n) is 2.49. The number of hydrogen-bond donors (Lipinski definition) is 1. The maximum Gasteiger partial charge on any atom is 0.317 e. The summed E-state index contributed by atoms with van der Waals surface area (Å²) in [6, 6.07) is 14.7. The molecule has 2 aromatic carbocycles. The van der Waals surface area contributed by atoms with Gasteiger partial charge in [0.05, 0.1) is 7.11 Å². The summed E-state index contributed by atoms with van der Waals surface area (Å²) in [5, 5.41) is 3.12. The summed E-state index contributed by atoms with van der Waals surface area (Å²) in [4.78, 5) is 28.5. The summed E-state index contributed by atoms with van der Waals surface area (Å²) < 4.78 is 16.0. The number of thioether (sulfide) groups is 1. The summed E-state index contributed by atoms with van der Waals surface area (Å²) in [6.07, 6.45) is -0.911. The molecule has 0 bridgehead atoms. The molecule has 146 valence electrons. The fraction of sp³-hybridized carbons (Fsp3) is 0.250. The average Bonchev–Trinajstić information content (AvgIpc) is 3.13. The molecule has 1 aromatic heterocycles. The van der Waals surface area contributed by atoms with Crippen molar-refractivity contribution in [2.45, 2.75) is 24.8 Å². The molecule has 1 amide bonds. The molecule has 0 aliphatic rings. The van der Waals surface area contributed by atoms with Crippen LogP contribution in [0, 0.1) is 0 Å². The van der Waals surface area contributed by atoms with E-state index in [1.54, 1.807) is 13.2 Å². The first-order chi connectivity index (χ1) is 13.6. The molecule has 0 unspecified atom stereocenters. The van der Waals surface area contributed by atoms with Gasteiger partial charge in [-0.2, -0.15) is 0 Å². The molecule has 1 N–H and O–H groups in total. The Morgan fingerprint density at radius 3 is 2.71 bits per heavy atom. The molecule has 1 heterocycles. The summed E-state index contributed by atoms with van der Waals surface area (Å²) in [7, 11) is 1.57. The summed E-state index contributed by atoms with van der Waals surface area (Å²) in [5.74, 6) is -0.225. The van der Waals surface area contributed by atoms with Gasteiger partial charge in [0.15, 0.2) is 11.7 Å². The van der Waals surface area contributed by atoms with Crippen LogP contribution in [-0.4, -0.2) is 35.8 Å². The Hall–Kier alpha value is -3.00. The molecule has 28 heavy (non-hydrogen) atoms. The number of rotatable bonds is 8. The van der Waals surface area contributed by atoms with Gasteiger partial charge < -0.3 is 19.2 Å². The first-order valence-corrected chi connectivity index (χ1v) is 9.63. The van der Waals surface area contributed by atoms with Crippen LogP contribution in [0.5, 0.6) is 5.75 Å². The molecule has 1 atom stereocenters. The first-order valence-electron chi connectivity index (χ1n) is 8.64. The van der Waals surface area contributed by atoms with E-state index in [0.717, 1.165) is 22.8 Å². The van der Waals surface area contributed by atoms with Gasteiger partial charge >= 0.3 is 5.97 Å². The minimum Gasteiger partial charge on any atom is -0.496 e. The number of nitrogens with one attached hydrogen (secondary N) is 1. The van der Waals surface area contributed by atoms with E-state index in [2.05, 4.69) is 10.3 Å². The number of fused-ring (bicyclic) bond motifs is 1. The number of carbonyl (C=O) groups is 2. The number of amides is 1. The minimum absolute atomic E-state index is 0.00303. The third-order valence-electron chi connectivity index (χ3n) is 3.91. The van der Waals surface area contributed by atoms with Crippen molar-refractivity contribution in [1.82, 2.24) is 10.3 Å². The lowest BCUT2D eigenvalue weighted by Gasteiger charge is -2.14. The van der Waals surface area contributed by atoms with E-state index in [9.17, 15) is 9.59 Å². The molecule has 0 aliphatic carbocycles. The number of oxazole rings is 1. The summed E-state index contributed by atoms with van der Waals surface area (Å²) >= 11 is 1.12. The molecule has 0 aliphatic heterocycles. The van der Waals surface area contributed by atoms with Crippen LogP contribution in [0.15, 0.2) is 58.2 Å². The van der Waals surface area contributed by atoms with Crippen molar-refractivity contribution >= 4 is 34.7 Å². The lowest BCUT2D eigenvalue weighted by molar-refractivity contribution is -0.152. The number of nitrogens with zero attached hydrogens (tertiary/aromatic N) is 1. The van der Waals surface area contributed by atoms with Crippen LogP contribution in [0.2, 0.25) is 0 Å². The van der Waals surface area contributed by atoms with Gasteiger partial charge in [0.25, 0.3) is 11.1 Å². The number of hydrogen-bond acceptors (Lipinski definition) is 7. The molecule has 0 radical (unpaired) electrons. The van der Waals surface area contributed by atoms with Crippen molar-refractivity contribution in [3.63, 3.8) is 0 Å². The highest BCUT2D eigenvalue weighted by atomic mass is 32.2. The first kappa shape index (κ1) is 19.8. The van der Waals surface area contributed by atoms with Crippen LogP contribution in [0.3, 0.4) is 0 Å². The van der Waals surface area contributed by atoms with Crippen molar-refractivity contribution in [2.75, 3.05) is 12.9 Å². The third kappa shape index (κ3) is 5.04. The minimum atomic E-state index is -0.911. The Morgan fingerprint density at radius 2 is 1.93 bits per heavy atom. The van der Waals surface area contributed by atoms with Crippen molar-refractivity contribution in [3.8, 4) is 5.75 Å². The molecular weight excluding hydrogens is 380 g/mol. The Labute approximate surface area is 166 Å². The molecule has 0 fully saturated rings. The predicted molar refractivity (Wildman–Crippen MR) is 105 cm³/mol. The highest BCUT2D eigenvalue weighted by molar-refractivity contribution is 7.99. The Balaban J connectivity index is 1.45. The second kappa shape index (κ2) is 9.27. The van der Waals surface area contributed by atoms with Crippen LogP contribution < -0.4 is 10.1 Å². The summed E-state index contributed by atoms with van der Waals surface area (Å²) in [6.45, 7) is 1.81. The number of aromatic nitrogens is 1. The van der Waals surface area contributed by atoms with Gasteiger partial charge in [0.2, 0.25) is 0 Å². The maximum absolute atomic E-state index is 12.2. The molecule has 8 heteroatoms. The third-order valence-corrected chi connectivity index (χ3v) is 4.71. The summed E-state index contributed by atoms with van der Waals surface area (Å²) in [5.41, 5.74) is 2.22. The Morgan fingerprint density at radius 1 is 1.18 bits per heavy atom. The second-order valence-electron chi connectivity index (χ2n) is 5.90. The van der Waals surface area contributed by atoms with E-state index in [4.69, 9.17) is 13.9 Å². The lowest BCUT2D eigenvalue weighted by Crippen LogP contribution is -2.35. The van der Waals surface area contributed by atoms with Crippen molar-refractivity contribution < 1.29 is 23.5 Å². The van der Waals surface area contributed by atoms with E-state index in [1.807, 2.05) is 42.5 Å². The van der Waals surface area contributed by atoms with Gasteiger partial charge in [0, 0.05) is 12.1 Å². The van der Waals surface area contributed by atoms with E-state index in [0.29, 0.717) is 16.6 Å². The molecule has 0 saturated carbocycles. The number of ether oxygens (including phenoxy) is 2. The topological polar surface area (TPSA) is 90.7 Å². The number of benzene rings is 2. The standard InChI is InChI=1S/C20H20N2O5S/c1-13(19(24)21-11-14-7-3-5-9-16(14)25-2)26-18(23)12-28-20-22-15-8-4-6-10-17(15)27-20/h3-10,13H,11-12H2,1-2H3,(H,21,24)/t13-/m0/s1. The number of methoxy groups -OCH3 is 1. The van der Waals surface area contributed by atoms with Crippen LogP contribution in [0.1, 0.15) is 12.5 Å². The lowest BCUT2D eigenvalue weighted by atomic mass is 10.2. The van der Waals surface area contributed by atoms with Gasteiger partial charge in [-0.25, -0.2) is 4.98 Å². The monoisotopic (exact) mass is 400 g/mol. The second-order valence-corrected chi connectivity index (χ2v) is 6.82. The van der Waals surface area contributed by atoms with Crippen molar-refractivity contribution in [3.05, 3.63) is 54.1 Å². The quantitative estimate of drug-likeness (QED) is 0.459. The highest BCUT2D eigenvalue weighted by Gasteiger charge is 2.19. The normalized spacial score (nSPS) is 11.8. The zero-order chi connectivity index (χ0) is 19.9. The fourth-order valence-corrected chi connectivity index (χ4v) is 3.11. The van der Waals surface area contributed by atoms with Crippen LogP contribution in [-0.2, 0) is 20.9 Å². The van der Waals surface area contributed by atoms with Gasteiger partial charge in [-0.1, -0.05) is 42.1 Å². The predicted octanol–water partition coefficient (Wildman–Crippen LogP) is 3.18. The average molecular weight is 400 g/mol. The van der Waals surface area contributed by atoms with Crippen LogP contribution in [0.4, 0.5) is 0 Å².